The maximum Gasteiger partial charge on any atom is 0.221 e. The Kier molecular flexibility index (Phi) is 3.71. The molecule has 1 aromatic heterocycles. The Labute approximate surface area is 111 Å². The van der Waals surface area contributed by atoms with Crippen LogP contribution in [0.15, 0.2) is 42.7 Å². The monoisotopic (exact) mass is 254 g/mol. The smallest absolute Gasteiger partial charge is 0.221 e. The molecule has 19 heavy (non-hydrogen) atoms. The molecule has 2 rings (SSSR count). The van der Waals surface area contributed by atoms with Gasteiger partial charge in [-0.3, -0.25) is 14.6 Å². The number of pyridine rings is 1. The molecule has 1 heterocycles. The van der Waals surface area contributed by atoms with E-state index < -0.39 is 0 Å². The van der Waals surface area contributed by atoms with E-state index in [1.165, 1.54) is 6.92 Å². The quantitative estimate of drug-likeness (QED) is 0.856. The summed E-state index contributed by atoms with van der Waals surface area (Å²) in [6.45, 7) is 3.29. The lowest BCUT2D eigenvalue weighted by molar-refractivity contribution is -0.114. The van der Waals surface area contributed by atoms with E-state index in [0.29, 0.717) is 16.8 Å². The van der Waals surface area contributed by atoms with Gasteiger partial charge in [-0.2, -0.15) is 0 Å². The van der Waals surface area contributed by atoms with Gasteiger partial charge in [0.1, 0.15) is 0 Å². The number of nitrogens with zero attached hydrogens (tertiary/aromatic N) is 1. The van der Waals surface area contributed by atoms with Gasteiger partial charge in [0.2, 0.25) is 5.91 Å². The highest BCUT2D eigenvalue weighted by atomic mass is 16.1. The fraction of sp³-hybridized carbons (Fsp3) is 0.133. The van der Waals surface area contributed by atoms with Crippen molar-refractivity contribution < 1.29 is 9.59 Å². The molecule has 0 atom stereocenters. The van der Waals surface area contributed by atoms with E-state index in [-0.39, 0.29) is 11.7 Å². The third-order valence-corrected chi connectivity index (χ3v) is 2.72. The molecular formula is C15H14N2O2. The molecule has 0 aliphatic heterocycles. The van der Waals surface area contributed by atoms with Crippen molar-refractivity contribution in [3.05, 3.63) is 59.4 Å². The van der Waals surface area contributed by atoms with Crippen molar-refractivity contribution in [2.24, 2.45) is 0 Å². The van der Waals surface area contributed by atoms with Crippen molar-refractivity contribution in [2.75, 3.05) is 5.32 Å². The Balaban J connectivity index is 2.31. The topological polar surface area (TPSA) is 59.1 Å². The second-order valence-electron chi connectivity index (χ2n) is 4.28. The number of aryl methyl sites for hydroxylation is 1. The lowest BCUT2D eigenvalue weighted by Crippen LogP contribution is -2.08. The zero-order valence-electron chi connectivity index (χ0n) is 10.8. The van der Waals surface area contributed by atoms with Gasteiger partial charge < -0.3 is 5.32 Å². The molecule has 96 valence electrons. The van der Waals surface area contributed by atoms with Crippen LogP contribution in [-0.2, 0) is 4.79 Å². The predicted molar refractivity (Wildman–Crippen MR) is 73.2 cm³/mol. The zero-order chi connectivity index (χ0) is 13.8. The first-order valence-corrected chi connectivity index (χ1v) is 5.91. The molecule has 0 saturated heterocycles. The van der Waals surface area contributed by atoms with Gasteiger partial charge in [-0.05, 0) is 42.8 Å². The Bertz CT molecular complexity index is 621. The van der Waals surface area contributed by atoms with Crippen molar-refractivity contribution in [3.8, 4) is 0 Å². The number of carbonyl (C=O) groups is 2. The molecule has 4 nitrogen and oxygen atoms in total. The SMILES string of the molecule is CC(=O)Nc1ccc(C(=O)c2cccnc2)c(C)c1. The number of hydrogen-bond donors (Lipinski definition) is 1. The van der Waals surface area contributed by atoms with E-state index in [9.17, 15) is 9.59 Å². The Hall–Kier alpha value is -2.49. The number of amides is 1. The molecule has 0 unspecified atom stereocenters. The van der Waals surface area contributed by atoms with Crippen LogP contribution in [0.4, 0.5) is 5.69 Å². The largest absolute Gasteiger partial charge is 0.326 e. The van der Waals surface area contributed by atoms with Crippen LogP contribution in [0.2, 0.25) is 0 Å². The van der Waals surface area contributed by atoms with E-state index in [1.54, 1.807) is 42.7 Å². The number of benzene rings is 1. The number of aromatic nitrogens is 1. The molecule has 0 saturated carbocycles. The third kappa shape index (κ3) is 3.04. The van der Waals surface area contributed by atoms with E-state index in [0.717, 1.165) is 5.56 Å². The van der Waals surface area contributed by atoms with E-state index in [1.807, 2.05) is 6.92 Å². The van der Waals surface area contributed by atoms with E-state index in [4.69, 9.17) is 0 Å². The van der Waals surface area contributed by atoms with Crippen molar-refractivity contribution in [1.29, 1.82) is 0 Å². The van der Waals surface area contributed by atoms with Gasteiger partial charge in [0.25, 0.3) is 0 Å². The lowest BCUT2D eigenvalue weighted by Gasteiger charge is -2.08. The van der Waals surface area contributed by atoms with Gasteiger partial charge in [-0.25, -0.2) is 0 Å². The van der Waals surface area contributed by atoms with Gasteiger partial charge in [-0.1, -0.05) is 0 Å². The summed E-state index contributed by atoms with van der Waals surface area (Å²) in [5.41, 5.74) is 2.67. The third-order valence-electron chi connectivity index (χ3n) is 2.72. The summed E-state index contributed by atoms with van der Waals surface area (Å²) in [6.07, 6.45) is 3.17. The molecule has 2 aromatic rings. The molecule has 1 amide bonds. The Morgan fingerprint density at radius 2 is 2.00 bits per heavy atom. The first kappa shape index (κ1) is 13.0. The zero-order valence-corrected chi connectivity index (χ0v) is 10.8. The van der Waals surface area contributed by atoms with Gasteiger partial charge in [0.05, 0.1) is 0 Å². The molecule has 0 bridgehead atoms. The second-order valence-corrected chi connectivity index (χ2v) is 4.28. The highest BCUT2D eigenvalue weighted by Crippen LogP contribution is 2.18. The van der Waals surface area contributed by atoms with E-state index >= 15 is 0 Å². The Morgan fingerprint density at radius 1 is 1.21 bits per heavy atom. The first-order valence-electron chi connectivity index (χ1n) is 5.91. The molecule has 0 spiro atoms. The molecule has 0 aliphatic carbocycles. The number of carbonyl (C=O) groups excluding carboxylic acids is 2. The maximum atomic E-state index is 12.3. The summed E-state index contributed by atoms with van der Waals surface area (Å²) in [4.78, 5) is 27.2. The minimum atomic E-state index is -0.134. The van der Waals surface area contributed by atoms with E-state index in [2.05, 4.69) is 10.3 Å². The number of nitrogens with one attached hydrogen (secondary N) is 1. The van der Waals surface area contributed by atoms with Crippen LogP contribution >= 0.6 is 0 Å². The maximum absolute atomic E-state index is 12.3. The standard InChI is InChI=1S/C15H14N2O2/c1-10-8-13(17-11(2)18)5-6-14(10)15(19)12-4-3-7-16-9-12/h3-9H,1-2H3,(H,17,18). The highest BCUT2D eigenvalue weighted by Gasteiger charge is 2.12. The summed E-state index contributed by atoms with van der Waals surface area (Å²) in [7, 11) is 0. The molecule has 4 heteroatoms. The van der Waals surface area contributed by atoms with Crippen molar-refractivity contribution in [1.82, 2.24) is 4.98 Å². The van der Waals surface area contributed by atoms with Crippen LogP contribution in [-0.4, -0.2) is 16.7 Å². The van der Waals surface area contributed by atoms with Gasteiger partial charge >= 0.3 is 0 Å². The molecule has 1 aromatic carbocycles. The van der Waals surface area contributed by atoms with Gasteiger partial charge in [0, 0.05) is 36.1 Å². The minimum Gasteiger partial charge on any atom is -0.326 e. The number of anilines is 1. The summed E-state index contributed by atoms with van der Waals surface area (Å²) in [6, 6.07) is 8.68. The van der Waals surface area contributed by atoms with Crippen LogP contribution in [0.3, 0.4) is 0 Å². The lowest BCUT2D eigenvalue weighted by atomic mass is 10.00. The highest BCUT2D eigenvalue weighted by molar-refractivity contribution is 6.10. The van der Waals surface area contributed by atoms with Crippen LogP contribution in [0.5, 0.6) is 0 Å². The normalized spacial score (nSPS) is 10.0. The summed E-state index contributed by atoms with van der Waals surface area (Å²) in [5.74, 6) is -0.203. The second kappa shape index (κ2) is 5.44. The van der Waals surface area contributed by atoms with Crippen LogP contribution < -0.4 is 5.32 Å². The molecular weight excluding hydrogens is 240 g/mol. The molecule has 0 aliphatic rings. The van der Waals surface area contributed by atoms with Gasteiger partial charge in [-0.15, -0.1) is 0 Å². The summed E-state index contributed by atoms with van der Waals surface area (Å²) >= 11 is 0. The average molecular weight is 254 g/mol. The Morgan fingerprint density at radius 3 is 2.58 bits per heavy atom. The fourth-order valence-corrected chi connectivity index (χ4v) is 1.85. The van der Waals surface area contributed by atoms with Crippen LogP contribution in [0.25, 0.3) is 0 Å². The van der Waals surface area contributed by atoms with Crippen molar-refractivity contribution in [3.63, 3.8) is 0 Å². The summed E-state index contributed by atoms with van der Waals surface area (Å²) in [5, 5.41) is 2.69. The van der Waals surface area contributed by atoms with Crippen molar-refractivity contribution in [2.45, 2.75) is 13.8 Å². The molecule has 0 fully saturated rings. The fourth-order valence-electron chi connectivity index (χ4n) is 1.85. The van der Waals surface area contributed by atoms with Gasteiger partial charge in [0.15, 0.2) is 5.78 Å². The first-order chi connectivity index (χ1) is 9.08. The number of ketones is 1. The van der Waals surface area contributed by atoms with Crippen molar-refractivity contribution >= 4 is 17.4 Å². The number of hydrogen-bond acceptors (Lipinski definition) is 3. The minimum absolute atomic E-state index is 0.0695. The predicted octanol–water partition coefficient (Wildman–Crippen LogP) is 2.58. The molecule has 0 radical (unpaired) electrons. The molecule has 1 N–H and O–H groups in total. The summed E-state index contributed by atoms with van der Waals surface area (Å²) < 4.78 is 0. The van der Waals surface area contributed by atoms with Crippen LogP contribution in [0.1, 0.15) is 28.4 Å². The average Bonchev–Trinajstić information content (AvgIpc) is 2.38. The number of rotatable bonds is 3. The van der Waals surface area contributed by atoms with Crippen LogP contribution in [0, 0.1) is 6.92 Å².